The second-order valence-corrected chi connectivity index (χ2v) is 5.83. The van der Waals surface area contributed by atoms with E-state index in [4.69, 9.17) is 0 Å². The second kappa shape index (κ2) is 5.00. The van der Waals surface area contributed by atoms with Gasteiger partial charge in [-0.15, -0.1) is 0 Å². The minimum Gasteiger partial charge on any atom is -0.506 e. The Balaban J connectivity index is 1.77. The molecular formula is C16H18N4O. The fourth-order valence-corrected chi connectivity index (χ4v) is 3.50. The molecule has 2 atom stereocenters. The lowest BCUT2D eigenvalue weighted by atomic mass is 10.1. The van der Waals surface area contributed by atoms with Crippen molar-refractivity contribution in [1.29, 1.82) is 0 Å². The number of benzene rings is 1. The molecule has 21 heavy (non-hydrogen) atoms. The van der Waals surface area contributed by atoms with Crippen molar-refractivity contribution in [3.05, 3.63) is 36.5 Å². The Hall–Kier alpha value is -2.14. The SMILES string of the molecule is Oc1cccc(-c2cccnn2)c1N1CC2CCC(C1)N2. The first-order chi connectivity index (χ1) is 10.3. The molecule has 1 aromatic carbocycles. The average molecular weight is 282 g/mol. The van der Waals surface area contributed by atoms with Gasteiger partial charge < -0.3 is 15.3 Å². The molecule has 3 heterocycles. The van der Waals surface area contributed by atoms with Crippen LogP contribution in [0.25, 0.3) is 11.3 Å². The lowest BCUT2D eigenvalue weighted by molar-refractivity contribution is 0.447. The summed E-state index contributed by atoms with van der Waals surface area (Å²) in [7, 11) is 0. The molecule has 0 amide bonds. The zero-order valence-electron chi connectivity index (χ0n) is 11.7. The normalized spacial score (nSPS) is 24.3. The van der Waals surface area contributed by atoms with Crippen LogP contribution in [0.5, 0.6) is 5.75 Å². The Labute approximate surface area is 123 Å². The molecule has 0 spiro atoms. The van der Waals surface area contributed by atoms with Gasteiger partial charge in [0.05, 0.1) is 11.4 Å². The van der Waals surface area contributed by atoms with Gasteiger partial charge in [0, 0.05) is 36.9 Å². The van der Waals surface area contributed by atoms with E-state index >= 15 is 0 Å². The van der Waals surface area contributed by atoms with Crippen molar-refractivity contribution in [3.63, 3.8) is 0 Å². The number of fused-ring (bicyclic) bond motifs is 2. The minimum atomic E-state index is 0.319. The van der Waals surface area contributed by atoms with Gasteiger partial charge in [-0.25, -0.2) is 0 Å². The highest BCUT2D eigenvalue weighted by atomic mass is 16.3. The number of piperazine rings is 1. The molecule has 2 aliphatic heterocycles. The van der Waals surface area contributed by atoms with Crippen LogP contribution >= 0.6 is 0 Å². The quantitative estimate of drug-likeness (QED) is 0.879. The van der Waals surface area contributed by atoms with Gasteiger partial charge in [-0.1, -0.05) is 12.1 Å². The molecule has 5 nitrogen and oxygen atoms in total. The van der Waals surface area contributed by atoms with Crippen molar-refractivity contribution >= 4 is 5.69 Å². The first-order valence-electron chi connectivity index (χ1n) is 7.42. The van der Waals surface area contributed by atoms with Crippen LogP contribution in [0.4, 0.5) is 5.69 Å². The Morgan fingerprint density at radius 2 is 1.90 bits per heavy atom. The van der Waals surface area contributed by atoms with Crippen molar-refractivity contribution < 1.29 is 5.11 Å². The topological polar surface area (TPSA) is 61.3 Å². The second-order valence-electron chi connectivity index (χ2n) is 5.83. The van der Waals surface area contributed by atoms with Crippen molar-refractivity contribution in [1.82, 2.24) is 15.5 Å². The molecule has 2 aromatic rings. The van der Waals surface area contributed by atoms with E-state index in [2.05, 4.69) is 20.4 Å². The number of phenols is 1. The predicted octanol–water partition coefficient (Wildman–Crippen LogP) is 1.79. The van der Waals surface area contributed by atoms with Crippen LogP contribution in [-0.2, 0) is 0 Å². The van der Waals surface area contributed by atoms with Crippen LogP contribution in [0.3, 0.4) is 0 Å². The standard InChI is InChI=1S/C16H18N4O/c21-15-5-1-3-13(14-4-2-8-17-19-14)16(15)20-9-11-6-7-12(10-20)18-11/h1-5,8,11-12,18,21H,6-7,9-10H2. The fraction of sp³-hybridized carbons (Fsp3) is 0.375. The summed E-state index contributed by atoms with van der Waals surface area (Å²) in [5, 5.41) is 22.2. The molecule has 0 radical (unpaired) electrons. The summed E-state index contributed by atoms with van der Waals surface area (Å²) >= 11 is 0. The van der Waals surface area contributed by atoms with Gasteiger partial charge >= 0.3 is 0 Å². The van der Waals surface area contributed by atoms with Crippen LogP contribution in [0.1, 0.15) is 12.8 Å². The Morgan fingerprint density at radius 1 is 1.10 bits per heavy atom. The van der Waals surface area contributed by atoms with Gasteiger partial charge in [-0.3, -0.25) is 0 Å². The number of nitrogens with zero attached hydrogens (tertiary/aromatic N) is 3. The number of aromatic hydroxyl groups is 1. The van der Waals surface area contributed by atoms with Crippen molar-refractivity contribution in [2.75, 3.05) is 18.0 Å². The number of phenolic OH excluding ortho intramolecular Hbond substituents is 1. The molecule has 2 saturated heterocycles. The number of hydrogen-bond donors (Lipinski definition) is 2. The third kappa shape index (κ3) is 2.23. The van der Waals surface area contributed by atoms with Gasteiger partial charge in [-0.05, 0) is 31.0 Å². The summed E-state index contributed by atoms with van der Waals surface area (Å²) in [4.78, 5) is 2.29. The number of hydrogen-bond acceptors (Lipinski definition) is 5. The third-order valence-electron chi connectivity index (χ3n) is 4.40. The molecule has 108 valence electrons. The maximum absolute atomic E-state index is 10.4. The monoisotopic (exact) mass is 282 g/mol. The Morgan fingerprint density at radius 3 is 2.62 bits per heavy atom. The Kier molecular flexibility index (Phi) is 3.00. The summed E-state index contributed by atoms with van der Waals surface area (Å²) in [6.07, 6.45) is 4.10. The van der Waals surface area contributed by atoms with E-state index in [9.17, 15) is 5.11 Å². The van der Waals surface area contributed by atoms with Gasteiger partial charge in [0.15, 0.2) is 0 Å². The Bertz CT molecular complexity index is 634. The summed E-state index contributed by atoms with van der Waals surface area (Å²) in [5.74, 6) is 0.319. The minimum absolute atomic E-state index is 0.319. The zero-order chi connectivity index (χ0) is 14.2. The largest absolute Gasteiger partial charge is 0.506 e. The van der Waals surface area contributed by atoms with Gasteiger partial charge in [0.25, 0.3) is 0 Å². The summed E-state index contributed by atoms with van der Waals surface area (Å²) < 4.78 is 0. The van der Waals surface area contributed by atoms with Crippen molar-refractivity contribution in [3.8, 4) is 17.0 Å². The highest BCUT2D eigenvalue weighted by Crippen LogP contribution is 2.39. The maximum atomic E-state index is 10.4. The van der Waals surface area contributed by atoms with Crippen LogP contribution in [0.15, 0.2) is 36.5 Å². The lowest BCUT2D eigenvalue weighted by Gasteiger charge is -2.35. The van der Waals surface area contributed by atoms with Crippen LogP contribution in [-0.4, -0.2) is 40.5 Å². The number of aromatic nitrogens is 2. The summed E-state index contributed by atoms with van der Waals surface area (Å²) in [6.45, 7) is 1.86. The number of para-hydroxylation sites is 1. The highest BCUT2D eigenvalue weighted by molar-refractivity contribution is 5.81. The van der Waals surface area contributed by atoms with E-state index in [-0.39, 0.29) is 0 Å². The summed E-state index contributed by atoms with van der Waals surface area (Å²) in [5.41, 5.74) is 2.63. The van der Waals surface area contributed by atoms with E-state index in [1.807, 2.05) is 24.3 Å². The summed E-state index contributed by atoms with van der Waals surface area (Å²) in [6, 6.07) is 10.5. The average Bonchev–Trinajstić information content (AvgIpc) is 2.86. The van der Waals surface area contributed by atoms with E-state index in [1.165, 1.54) is 12.8 Å². The number of anilines is 1. The highest BCUT2D eigenvalue weighted by Gasteiger charge is 2.34. The lowest BCUT2D eigenvalue weighted by Crippen LogP contribution is -2.51. The number of nitrogens with one attached hydrogen (secondary N) is 1. The van der Waals surface area contributed by atoms with E-state index in [0.29, 0.717) is 17.8 Å². The van der Waals surface area contributed by atoms with E-state index in [1.54, 1.807) is 12.3 Å². The fourth-order valence-electron chi connectivity index (χ4n) is 3.50. The molecule has 2 aliphatic rings. The first kappa shape index (κ1) is 12.6. The van der Waals surface area contributed by atoms with Crippen molar-refractivity contribution in [2.24, 2.45) is 0 Å². The smallest absolute Gasteiger partial charge is 0.139 e. The van der Waals surface area contributed by atoms with Gasteiger partial charge in [-0.2, -0.15) is 10.2 Å². The van der Waals surface area contributed by atoms with Crippen LogP contribution in [0, 0.1) is 0 Å². The number of rotatable bonds is 2. The molecule has 0 aliphatic carbocycles. The molecule has 1 aromatic heterocycles. The van der Waals surface area contributed by atoms with Gasteiger partial charge in [0.1, 0.15) is 5.75 Å². The first-order valence-corrected chi connectivity index (χ1v) is 7.42. The van der Waals surface area contributed by atoms with Gasteiger partial charge in [0.2, 0.25) is 0 Å². The predicted molar refractivity (Wildman–Crippen MR) is 81.3 cm³/mol. The molecule has 0 saturated carbocycles. The molecule has 2 bridgehead atoms. The van der Waals surface area contributed by atoms with Crippen molar-refractivity contribution in [2.45, 2.75) is 24.9 Å². The maximum Gasteiger partial charge on any atom is 0.139 e. The third-order valence-corrected chi connectivity index (χ3v) is 4.40. The molecule has 2 N–H and O–H groups in total. The molecule has 5 heteroatoms. The van der Waals surface area contributed by atoms with E-state index < -0.39 is 0 Å². The van der Waals surface area contributed by atoms with Crippen LogP contribution < -0.4 is 10.2 Å². The zero-order valence-corrected chi connectivity index (χ0v) is 11.7. The van der Waals surface area contributed by atoms with Crippen LogP contribution in [0.2, 0.25) is 0 Å². The molecular weight excluding hydrogens is 264 g/mol. The molecule has 2 unspecified atom stereocenters. The molecule has 4 rings (SSSR count). The van der Waals surface area contributed by atoms with E-state index in [0.717, 1.165) is 30.0 Å². The molecule has 2 fully saturated rings.